The molecule has 0 heterocycles. The van der Waals surface area contributed by atoms with E-state index in [2.05, 4.69) is 118 Å². The van der Waals surface area contributed by atoms with Crippen molar-refractivity contribution in [3.63, 3.8) is 0 Å². The van der Waals surface area contributed by atoms with Crippen molar-refractivity contribution in [1.29, 1.82) is 0 Å². The zero-order valence-corrected chi connectivity index (χ0v) is 34.0. The van der Waals surface area contributed by atoms with Gasteiger partial charge in [-0.1, -0.05) is 186 Å². The van der Waals surface area contributed by atoms with Crippen molar-refractivity contribution in [2.24, 2.45) is 0 Å². The Hall–Kier alpha value is -3.38. The summed E-state index contributed by atoms with van der Waals surface area (Å²) in [6, 6.07) is 41.3. The summed E-state index contributed by atoms with van der Waals surface area (Å²) in [5, 5.41) is 27.0. The Bertz CT molecular complexity index is 1990. The molecule has 0 radical (unpaired) electrons. The van der Waals surface area contributed by atoms with Crippen molar-refractivity contribution in [2.45, 2.75) is 62.0 Å². The second-order valence-electron chi connectivity index (χ2n) is 12.8. The van der Waals surface area contributed by atoms with Gasteiger partial charge in [-0.3, -0.25) is 0 Å². The van der Waals surface area contributed by atoms with Gasteiger partial charge in [0.25, 0.3) is 0 Å². The number of rotatable bonds is 9. The summed E-state index contributed by atoms with van der Waals surface area (Å²) in [6.45, 7) is 10.3. The summed E-state index contributed by atoms with van der Waals surface area (Å²) in [4.78, 5) is 1.89. The molecule has 6 rings (SSSR count). The molecule has 254 valence electrons. The van der Waals surface area contributed by atoms with Gasteiger partial charge in [0.15, 0.2) is 0 Å². The third kappa shape index (κ3) is 11.8. The Morgan fingerprint density at radius 2 is 1.00 bits per heavy atom. The van der Waals surface area contributed by atoms with E-state index in [1.807, 2.05) is 68.5 Å². The van der Waals surface area contributed by atoms with Gasteiger partial charge >= 0.3 is 37.7 Å². The smallest absolute Gasteiger partial charge is 0.875 e. The molecule has 0 amide bonds. The number of allylic oxidation sites excluding steroid dienone is 3. The molecule has 2 nitrogen and oxygen atoms in total. The number of hydrogen-bond acceptors (Lipinski definition) is 4. The van der Waals surface area contributed by atoms with Crippen LogP contribution >= 0.6 is 23.5 Å². The number of hydrogen-bond donors (Lipinski definition) is 0. The van der Waals surface area contributed by atoms with E-state index >= 15 is 0 Å². The molecule has 1 aliphatic rings. The Labute approximate surface area is 343 Å². The minimum atomic E-state index is -0.144. The van der Waals surface area contributed by atoms with Crippen LogP contribution in [0.4, 0.5) is 0 Å². The molecular formula is C46H44CaO2S2. The van der Waals surface area contributed by atoms with Gasteiger partial charge in [-0.05, 0) is 75.6 Å². The van der Waals surface area contributed by atoms with Crippen LogP contribution in [-0.4, -0.2) is 42.5 Å². The van der Waals surface area contributed by atoms with Gasteiger partial charge in [0, 0.05) is 19.4 Å². The minimum Gasteiger partial charge on any atom is -0.875 e. The van der Waals surface area contributed by atoms with Crippen LogP contribution in [0.25, 0.3) is 41.0 Å². The van der Waals surface area contributed by atoms with Gasteiger partial charge in [-0.25, -0.2) is 0 Å². The van der Waals surface area contributed by atoms with Gasteiger partial charge in [0.1, 0.15) is 0 Å². The SMILES string of the molecule is CC.CC(C)(C)Sc1cc(-c2ccc(/C=C/c3ccccc3)cc2)cc(SC2=C([O-])CCC(c3ccc(/C=C/c4ccccc4)cc3)=C2)c1[O-].[Ca+2]. The standard InChI is InChI=1S/C44H40O2S2.C2H6.Ca/c1-44(2,3)48-42-30-38(36-24-20-34(21-25-36)17-15-32-12-8-5-9-13-32)29-41(43(42)46)47-40-28-37(26-27-39(40)45)35-22-18-33(19-23-35)16-14-31-10-6-4-7-11-31;1-2;/h4-25,28-30,45-46H,26-27H2,1-3H3;1-2H3;/q;;+2/p-2/b16-14+,17-15+;;. The monoisotopic (exact) mass is 732 g/mol. The maximum atomic E-state index is 13.8. The van der Waals surface area contributed by atoms with Gasteiger partial charge < -0.3 is 10.2 Å². The summed E-state index contributed by atoms with van der Waals surface area (Å²) < 4.78 is -0.144. The van der Waals surface area contributed by atoms with Crippen molar-refractivity contribution in [2.75, 3.05) is 0 Å². The Kier molecular flexibility index (Phi) is 15.4. The van der Waals surface area contributed by atoms with E-state index in [4.69, 9.17) is 0 Å². The van der Waals surface area contributed by atoms with Crippen molar-refractivity contribution in [3.05, 3.63) is 166 Å². The van der Waals surface area contributed by atoms with Gasteiger partial charge in [0.05, 0.1) is 0 Å². The largest absolute Gasteiger partial charge is 2.00 e. The van der Waals surface area contributed by atoms with Crippen LogP contribution < -0.4 is 10.2 Å². The molecule has 0 spiro atoms. The van der Waals surface area contributed by atoms with E-state index in [1.54, 1.807) is 11.8 Å². The molecule has 5 heteroatoms. The fourth-order valence-electron chi connectivity index (χ4n) is 5.45. The van der Waals surface area contributed by atoms with Crippen LogP contribution in [-0.2, 0) is 0 Å². The van der Waals surface area contributed by atoms with Gasteiger partial charge in [-0.15, -0.1) is 17.5 Å². The quantitative estimate of drug-likeness (QED) is 0.0860. The average Bonchev–Trinajstić information content (AvgIpc) is 3.14. The molecule has 0 saturated heterocycles. The third-order valence-corrected chi connectivity index (χ3v) is 10.1. The average molecular weight is 733 g/mol. The topological polar surface area (TPSA) is 46.1 Å². The maximum Gasteiger partial charge on any atom is 2.00 e. The molecule has 0 fully saturated rings. The van der Waals surface area contributed by atoms with Crippen LogP contribution in [0.2, 0.25) is 0 Å². The molecule has 0 atom stereocenters. The number of benzene rings is 5. The fourth-order valence-corrected chi connectivity index (χ4v) is 7.60. The van der Waals surface area contributed by atoms with Crippen LogP contribution in [0, 0.1) is 0 Å². The molecular weight excluding hydrogens is 689 g/mol. The van der Waals surface area contributed by atoms with E-state index in [0.717, 1.165) is 44.5 Å². The predicted octanol–water partition coefficient (Wildman–Crippen LogP) is 11.8. The molecule has 0 aromatic heterocycles. The summed E-state index contributed by atoms with van der Waals surface area (Å²) >= 11 is 2.88. The maximum absolute atomic E-state index is 13.8. The predicted molar refractivity (Wildman–Crippen MR) is 221 cm³/mol. The molecule has 0 saturated carbocycles. The first-order valence-corrected chi connectivity index (χ1v) is 18.8. The van der Waals surface area contributed by atoms with Crippen molar-refractivity contribution < 1.29 is 10.2 Å². The fraction of sp³-hybridized carbons (Fsp3) is 0.174. The molecule has 0 N–H and O–H groups in total. The number of thioether (sulfide) groups is 2. The Balaban J connectivity index is 0.00000191. The molecule has 0 unspecified atom stereocenters. The first-order valence-electron chi connectivity index (χ1n) is 17.2. The zero-order chi connectivity index (χ0) is 35.5. The summed E-state index contributed by atoms with van der Waals surface area (Å²) in [5.74, 6) is 0.0528. The molecule has 51 heavy (non-hydrogen) atoms. The summed E-state index contributed by atoms with van der Waals surface area (Å²) in [7, 11) is 0. The molecule has 5 aromatic rings. The molecule has 0 aliphatic heterocycles. The van der Waals surface area contributed by atoms with Crippen molar-refractivity contribution >= 4 is 91.1 Å². The van der Waals surface area contributed by atoms with Crippen molar-refractivity contribution in [1.82, 2.24) is 0 Å². The first-order chi connectivity index (χ1) is 24.2. The minimum absolute atomic E-state index is 0. The van der Waals surface area contributed by atoms with E-state index < -0.39 is 0 Å². The van der Waals surface area contributed by atoms with E-state index in [1.165, 1.54) is 11.8 Å². The van der Waals surface area contributed by atoms with E-state index in [0.29, 0.717) is 27.5 Å². The van der Waals surface area contributed by atoms with E-state index in [-0.39, 0.29) is 54.0 Å². The van der Waals surface area contributed by atoms with E-state index in [9.17, 15) is 10.2 Å². The Morgan fingerprint density at radius 1 is 0.549 bits per heavy atom. The van der Waals surface area contributed by atoms with Crippen LogP contribution in [0.3, 0.4) is 0 Å². The summed E-state index contributed by atoms with van der Waals surface area (Å²) in [5.41, 5.74) is 8.73. The second kappa shape index (κ2) is 19.5. The molecule has 5 aromatic carbocycles. The first kappa shape index (κ1) is 40.4. The normalized spacial score (nSPS) is 13.1. The van der Waals surface area contributed by atoms with Crippen LogP contribution in [0.5, 0.6) is 5.75 Å². The van der Waals surface area contributed by atoms with Gasteiger partial charge in [0.2, 0.25) is 0 Å². The molecule has 0 bridgehead atoms. The summed E-state index contributed by atoms with van der Waals surface area (Å²) in [6.07, 6.45) is 11.5. The van der Waals surface area contributed by atoms with Crippen LogP contribution in [0.1, 0.15) is 75.3 Å². The van der Waals surface area contributed by atoms with Crippen molar-refractivity contribution in [3.8, 4) is 16.9 Å². The molecule has 1 aliphatic carbocycles. The third-order valence-electron chi connectivity index (χ3n) is 7.92. The second-order valence-corrected chi connectivity index (χ2v) is 15.8. The zero-order valence-electron chi connectivity index (χ0n) is 30.2. The van der Waals surface area contributed by atoms with Gasteiger partial charge in [-0.2, -0.15) is 0 Å². The Morgan fingerprint density at radius 3 is 1.49 bits per heavy atom. The van der Waals surface area contributed by atoms with Crippen LogP contribution in [0.15, 0.2) is 148 Å².